The molecule has 0 bridgehead atoms. The SMILES string of the molecule is c1ccc(CN2CCN(c3nccc(Nc4cccc5cccnc45)n3)CC2)cc1. The Hall–Kier alpha value is -3.51. The van der Waals surface area contributed by atoms with Crippen molar-refractivity contribution in [1.82, 2.24) is 19.9 Å². The first-order valence-corrected chi connectivity index (χ1v) is 10.3. The summed E-state index contributed by atoms with van der Waals surface area (Å²) in [6, 6.07) is 22.7. The summed E-state index contributed by atoms with van der Waals surface area (Å²) in [4.78, 5) is 18.5. The molecule has 1 fully saturated rings. The Kier molecular flexibility index (Phi) is 5.23. The lowest BCUT2D eigenvalue weighted by Crippen LogP contribution is -2.46. The molecule has 6 nitrogen and oxygen atoms in total. The highest BCUT2D eigenvalue weighted by Gasteiger charge is 2.19. The van der Waals surface area contributed by atoms with Gasteiger partial charge in [-0.3, -0.25) is 9.88 Å². The molecule has 0 unspecified atom stereocenters. The van der Waals surface area contributed by atoms with Crippen LogP contribution in [0.5, 0.6) is 0 Å². The van der Waals surface area contributed by atoms with Crippen molar-refractivity contribution in [3.8, 4) is 0 Å². The zero-order chi connectivity index (χ0) is 20.2. The summed E-state index contributed by atoms with van der Waals surface area (Å²) in [6.45, 7) is 4.84. The van der Waals surface area contributed by atoms with Crippen LogP contribution in [0.25, 0.3) is 10.9 Å². The molecular weight excluding hydrogens is 372 g/mol. The van der Waals surface area contributed by atoms with Crippen LogP contribution in [0.4, 0.5) is 17.5 Å². The Morgan fingerprint density at radius 1 is 0.767 bits per heavy atom. The fraction of sp³-hybridized carbons (Fsp3) is 0.208. The maximum Gasteiger partial charge on any atom is 0.227 e. The third-order valence-electron chi connectivity index (χ3n) is 5.44. The van der Waals surface area contributed by atoms with E-state index in [-0.39, 0.29) is 0 Å². The normalized spacial score (nSPS) is 14.7. The maximum atomic E-state index is 4.76. The molecule has 3 heterocycles. The predicted molar refractivity (Wildman–Crippen MR) is 121 cm³/mol. The average Bonchev–Trinajstić information content (AvgIpc) is 2.81. The van der Waals surface area contributed by atoms with E-state index in [0.29, 0.717) is 0 Å². The lowest BCUT2D eigenvalue weighted by atomic mass is 10.2. The number of nitrogens with one attached hydrogen (secondary N) is 1. The number of anilines is 3. The van der Waals surface area contributed by atoms with Gasteiger partial charge in [0.25, 0.3) is 0 Å². The molecule has 150 valence electrons. The van der Waals surface area contributed by atoms with Gasteiger partial charge in [0.2, 0.25) is 5.95 Å². The van der Waals surface area contributed by atoms with E-state index in [4.69, 9.17) is 4.98 Å². The molecule has 0 aliphatic carbocycles. The van der Waals surface area contributed by atoms with Gasteiger partial charge in [-0.2, -0.15) is 4.98 Å². The molecule has 1 N–H and O–H groups in total. The minimum Gasteiger partial charge on any atom is -0.338 e. The summed E-state index contributed by atoms with van der Waals surface area (Å²) >= 11 is 0. The molecule has 0 radical (unpaired) electrons. The Balaban J connectivity index is 1.26. The highest BCUT2D eigenvalue weighted by molar-refractivity contribution is 5.91. The predicted octanol–water partition coefficient (Wildman–Crippen LogP) is 4.09. The Labute approximate surface area is 176 Å². The number of pyridine rings is 1. The number of aromatic nitrogens is 3. The zero-order valence-corrected chi connectivity index (χ0v) is 16.8. The fourth-order valence-corrected chi connectivity index (χ4v) is 3.86. The first kappa shape index (κ1) is 18.5. The van der Waals surface area contributed by atoms with Crippen LogP contribution in [0.1, 0.15) is 5.56 Å². The van der Waals surface area contributed by atoms with Gasteiger partial charge in [0.15, 0.2) is 0 Å². The van der Waals surface area contributed by atoms with Crippen molar-refractivity contribution in [3.63, 3.8) is 0 Å². The summed E-state index contributed by atoms with van der Waals surface area (Å²) in [5.41, 5.74) is 3.25. The number of benzene rings is 2. The molecule has 1 aliphatic heterocycles. The lowest BCUT2D eigenvalue weighted by molar-refractivity contribution is 0.248. The van der Waals surface area contributed by atoms with Crippen molar-refractivity contribution in [3.05, 3.63) is 84.7 Å². The largest absolute Gasteiger partial charge is 0.338 e. The van der Waals surface area contributed by atoms with Crippen LogP contribution in [0.2, 0.25) is 0 Å². The quantitative estimate of drug-likeness (QED) is 0.548. The van der Waals surface area contributed by atoms with Crippen molar-refractivity contribution in [1.29, 1.82) is 0 Å². The van der Waals surface area contributed by atoms with Gasteiger partial charge in [-0.1, -0.05) is 48.5 Å². The molecule has 6 heteroatoms. The third-order valence-corrected chi connectivity index (χ3v) is 5.44. The summed E-state index contributed by atoms with van der Waals surface area (Å²) < 4.78 is 0. The van der Waals surface area contributed by atoms with Crippen molar-refractivity contribution >= 4 is 28.4 Å². The maximum absolute atomic E-state index is 4.76. The van der Waals surface area contributed by atoms with Gasteiger partial charge in [-0.25, -0.2) is 4.98 Å². The van der Waals surface area contributed by atoms with Crippen LogP contribution in [0.15, 0.2) is 79.1 Å². The molecule has 2 aromatic carbocycles. The Bertz CT molecular complexity index is 1120. The van der Waals surface area contributed by atoms with Gasteiger partial charge < -0.3 is 10.2 Å². The second-order valence-electron chi connectivity index (χ2n) is 7.50. The first-order chi connectivity index (χ1) is 14.8. The van der Waals surface area contributed by atoms with Crippen molar-refractivity contribution < 1.29 is 0 Å². The monoisotopic (exact) mass is 396 g/mol. The smallest absolute Gasteiger partial charge is 0.227 e. The molecule has 0 amide bonds. The van der Waals surface area contributed by atoms with E-state index in [0.717, 1.165) is 61.1 Å². The minimum atomic E-state index is 0.771. The van der Waals surface area contributed by atoms with E-state index in [9.17, 15) is 0 Å². The summed E-state index contributed by atoms with van der Waals surface area (Å²) in [5.74, 6) is 1.55. The molecule has 0 saturated carbocycles. The van der Waals surface area contributed by atoms with Crippen LogP contribution in [0, 0.1) is 0 Å². The highest BCUT2D eigenvalue weighted by Crippen LogP contribution is 2.24. The molecule has 0 spiro atoms. The average molecular weight is 396 g/mol. The number of para-hydroxylation sites is 1. The van der Waals surface area contributed by atoms with Crippen molar-refractivity contribution in [2.24, 2.45) is 0 Å². The van der Waals surface area contributed by atoms with E-state index < -0.39 is 0 Å². The van der Waals surface area contributed by atoms with Crippen molar-refractivity contribution in [2.45, 2.75) is 6.54 Å². The van der Waals surface area contributed by atoms with Gasteiger partial charge in [0.1, 0.15) is 5.82 Å². The third kappa shape index (κ3) is 4.09. The molecule has 1 saturated heterocycles. The second-order valence-corrected chi connectivity index (χ2v) is 7.50. The van der Waals surface area contributed by atoms with Crippen LogP contribution in [-0.2, 0) is 6.54 Å². The van der Waals surface area contributed by atoms with Crippen LogP contribution < -0.4 is 10.2 Å². The lowest BCUT2D eigenvalue weighted by Gasteiger charge is -2.34. The molecule has 1 aliphatic rings. The number of piperazine rings is 1. The van der Waals surface area contributed by atoms with Gasteiger partial charge in [0, 0.05) is 50.5 Å². The molecular formula is C24H24N6. The van der Waals surface area contributed by atoms with Crippen LogP contribution in [-0.4, -0.2) is 46.0 Å². The van der Waals surface area contributed by atoms with Gasteiger partial charge in [-0.05, 0) is 23.8 Å². The fourth-order valence-electron chi connectivity index (χ4n) is 3.86. The summed E-state index contributed by atoms with van der Waals surface area (Å²) in [5, 5.41) is 4.52. The van der Waals surface area contributed by atoms with Gasteiger partial charge >= 0.3 is 0 Å². The van der Waals surface area contributed by atoms with Crippen molar-refractivity contribution in [2.75, 3.05) is 36.4 Å². The van der Waals surface area contributed by atoms with E-state index >= 15 is 0 Å². The topological polar surface area (TPSA) is 57.2 Å². The van der Waals surface area contributed by atoms with Crippen LogP contribution >= 0.6 is 0 Å². The van der Waals surface area contributed by atoms with E-state index in [2.05, 4.69) is 67.5 Å². The number of nitrogens with zero attached hydrogens (tertiary/aromatic N) is 5. The van der Waals surface area contributed by atoms with Gasteiger partial charge in [0.05, 0.1) is 11.2 Å². The molecule has 5 rings (SSSR count). The number of fused-ring (bicyclic) bond motifs is 1. The summed E-state index contributed by atoms with van der Waals surface area (Å²) in [6.07, 6.45) is 3.63. The molecule has 2 aromatic heterocycles. The molecule has 30 heavy (non-hydrogen) atoms. The number of hydrogen-bond donors (Lipinski definition) is 1. The Morgan fingerprint density at radius 3 is 2.47 bits per heavy atom. The van der Waals surface area contributed by atoms with E-state index in [1.54, 1.807) is 0 Å². The van der Waals surface area contributed by atoms with E-state index in [1.807, 2.05) is 36.7 Å². The first-order valence-electron chi connectivity index (χ1n) is 10.3. The molecule has 4 aromatic rings. The standard InChI is InChI=1S/C24H24N6/c1-2-6-19(7-3-1)18-29-14-16-30(17-15-29)24-26-13-11-22(28-24)27-21-10-4-8-20-9-5-12-25-23(20)21/h1-13H,14-18H2,(H,26,27,28). The highest BCUT2D eigenvalue weighted by atomic mass is 15.3. The second kappa shape index (κ2) is 8.47. The number of rotatable bonds is 5. The van der Waals surface area contributed by atoms with Crippen LogP contribution in [0.3, 0.4) is 0 Å². The molecule has 0 atom stereocenters. The Morgan fingerprint density at radius 2 is 1.60 bits per heavy atom. The zero-order valence-electron chi connectivity index (χ0n) is 16.8. The van der Waals surface area contributed by atoms with Gasteiger partial charge in [-0.15, -0.1) is 0 Å². The number of hydrogen-bond acceptors (Lipinski definition) is 6. The summed E-state index contributed by atoms with van der Waals surface area (Å²) in [7, 11) is 0. The van der Waals surface area contributed by atoms with E-state index in [1.165, 1.54) is 5.56 Å². The minimum absolute atomic E-state index is 0.771.